The van der Waals surface area contributed by atoms with Crippen LogP contribution in [-0.2, 0) is 20.7 Å². The Morgan fingerprint density at radius 2 is 1.88 bits per heavy atom. The van der Waals surface area contributed by atoms with Gasteiger partial charge in [-0.05, 0) is 24.1 Å². The summed E-state index contributed by atoms with van der Waals surface area (Å²) >= 11 is 0. The average molecular weight is 218 g/mol. The molecule has 0 aliphatic rings. The number of hydrogen-bond acceptors (Lipinski definition) is 3. The van der Waals surface area contributed by atoms with E-state index in [1.165, 1.54) is 13.2 Å². The zero-order valence-electron chi connectivity index (χ0n) is 9.40. The van der Waals surface area contributed by atoms with E-state index >= 15 is 0 Å². The molecule has 0 spiro atoms. The summed E-state index contributed by atoms with van der Waals surface area (Å²) in [5.74, 6) is -0.245. The molecule has 1 aromatic carbocycles. The van der Waals surface area contributed by atoms with Crippen LogP contribution in [0.5, 0.6) is 0 Å². The van der Waals surface area contributed by atoms with Gasteiger partial charge in [0, 0.05) is 12.5 Å². The highest BCUT2D eigenvalue weighted by Gasteiger charge is 1.97. The first kappa shape index (κ1) is 12.2. The van der Waals surface area contributed by atoms with Crippen molar-refractivity contribution in [1.29, 1.82) is 0 Å². The summed E-state index contributed by atoms with van der Waals surface area (Å²) in [6, 6.07) is 7.46. The highest BCUT2D eigenvalue weighted by molar-refractivity contribution is 5.86. The van der Waals surface area contributed by atoms with Crippen molar-refractivity contribution in [2.24, 2.45) is 0 Å². The minimum atomic E-state index is -0.382. The third kappa shape index (κ3) is 4.09. The summed E-state index contributed by atoms with van der Waals surface area (Å²) in [7, 11) is 1.34. The second-order valence-electron chi connectivity index (χ2n) is 3.48. The number of benzene rings is 1. The minimum Gasteiger partial charge on any atom is -0.466 e. The summed E-state index contributed by atoms with van der Waals surface area (Å²) in [5, 5.41) is 0. The van der Waals surface area contributed by atoms with Crippen LogP contribution in [0, 0.1) is 0 Å². The number of hydrogen-bond donors (Lipinski definition) is 0. The van der Waals surface area contributed by atoms with Gasteiger partial charge in [0.05, 0.1) is 7.11 Å². The molecule has 16 heavy (non-hydrogen) atoms. The van der Waals surface area contributed by atoms with E-state index in [1.807, 2.05) is 24.3 Å². The molecular weight excluding hydrogens is 204 g/mol. The van der Waals surface area contributed by atoms with E-state index in [9.17, 15) is 9.59 Å². The summed E-state index contributed by atoms with van der Waals surface area (Å²) in [6.45, 7) is 1.56. The molecule has 0 aromatic heterocycles. The first-order valence-electron chi connectivity index (χ1n) is 4.96. The van der Waals surface area contributed by atoms with Gasteiger partial charge in [0.15, 0.2) is 0 Å². The van der Waals surface area contributed by atoms with Crippen molar-refractivity contribution in [3.05, 3.63) is 41.5 Å². The van der Waals surface area contributed by atoms with Crippen LogP contribution in [0.1, 0.15) is 18.1 Å². The first-order valence-corrected chi connectivity index (χ1v) is 4.96. The molecule has 3 nitrogen and oxygen atoms in total. The molecule has 0 aliphatic carbocycles. The van der Waals surface area contributed by atoms with Crippen molar-refractivity contribution in [2.45, 2.75) is 13.3 Å². The molecule has 0 bridgehead atoms. The van der Waals surface area contributed by atoms with Crippen LogP contribution in [0.15, 0.2) is 30.3 Å². The predicted molar refractivity (Wildman–Crippen MR) is 61.9 cm³/mol. The van der Waals surface area contributed by atoms with Gasteiger partial charge in [0.25, 0.3) is 0 Å². The van der Waals surface area contributed by atoms with E-state index in [2.05, 4.69) is 4.74 Å². The van der Waals surface area contributed by atoms with Gasteiger partial charge >= 0.3 is 5.97 Å². The maximum atomic E-state index is 10.9. The molecule has 3 heteroatoms. The third-order valence-electron chi connectivity index (χ3n) is 2.05. The van der Waals surface area contributed by atoms with Crippen molar-refractivity contribution >= 4 is 17.8 Å². The van der Waals surface area contributed by atoms with Crippen molar-refractivity contribution < 1.29 is 14.3 Å². The van der Waals surface area contributed by atoms with Crippen LogP contribution in [0.25, 0.3) is 6.08 Å². The zero-order valence-corrected chi connectivity index (χ0v) is 9.40. The van der Waals surface area contributed by atoms with Gasteiger partial charge in [-0.2, -0.15) is 0 Å². The van der Waals surface area contributed by atoms with Crippen LogP contribution in [0.2, 0.25) is 0 Å². The Bertz CT molecular complexity index is 402. The predicted octanol–water partition coefficient (Wildman–Crippen LogP) is 2.00. The molecule has 0 saturated heterocycles. The molecule has 0 heterocycles. The number of carbonyl (C=O) groups is 2. The SMILES string of the molecule is COC(=O)/C=C/c1ccc(CC(C)=O)cc1. The van der Waals surface area contributed by atoms with E-state index in [0.717, 1.165) is 11.1 Å². The van der Waals surface area contributed by atoms with Crippen molar-refractivity contribution in [2.75, 3.05) is 7.11 Å². The molecule has 0 amide bonds. The molecule has 1 rings (SSSR count). The molecule has 0 fully saturated rings. The number of Topliss-reactive ketones (excluding diaryl/α,β-unsaturated/α-hetero) is 1. The fourth-order valence-corrected chi connectivity index (χ4v) is 1.27. The van der Waals surface area contributed by atoms with Crippen LogP contribution in [0.4, 0.5) is 0 Å². The van der Waals surface area contributed by atoms with Crippen LogP contribution in [-0.4, -0.2) is 18.9 Å². The number of esters is 1. The lowest BCUT2D eigenvalue weighted by atomic mass is 10.1. The fourth-order valence-electron chi connectivity index (χ4n) is 1.27. The summed E-state index contributed by atoms with van der Waals surface area (Å²) < 4.78 is 4.48. The van der Waals surface area contributed by atoms with E-state index in [0.29, 0.717) is 6.42 Å². The number of ketones is 1. The van der Waals surface area contributed by atoms with Gasteiger partial charge in [-0.1, -0.05) is 24.3 Å². The fraction of sp³-hybridized carbons (Fsp3) is 0.231. The number of ether oxygens (including phenoxy) is 1. The highest BCUT2D eigenvalue weighted by Crippen LogP contribution is 2.07. The Morgan fingerprint density at radius 1 is 1.25 bits per heavy atom. The van der Waals surface area contributed by atoms with Gasteiger partial charge in [0.1, 0.15) is 5.78 Å². The second-order valence-corrected chi connectivity index (χ2v) is 3.48. The average Bonchev–Trinajstić information content (AvgIpc) is 2.27. The van der Waals surface area contributed by atoms with Crippen LogP contribution in [0.3, 0.4) is 0 Å². The normalized spacial score (nSPS) is 10.4. The monoisotopic (exact) mass is 218 g/mol. The van der Waals surface area contributed by atoms with E-state index in [-0.39, 0.29) is 11.8 Å². The molecule has 0 radical (unpaired) electrons. The quantitative estimate of drug-likeness (QED) is 0.573. The van der Waals surface area contributed by atoms with Gasteiger partial charge in [-0.25, -0.2) is 4.79 Å². The molecule has 84 valence electrons. The van der Waals surface area contributed by atoms with Gasteiger partial charge in [0.2, 0.25) is 0 Å². The van der Waals surface area contributed by atoms with Crippen molar-refractivity contribution in [1.82, 2.24) is 0 Å². The summed E-state index contributed by atoms with van der Waals surface area (Å²) in [6.07, 6.45) is 3.48. The lowest BCUT2D eigenvalue weighted by Crippen LogP contribution is -1.96. The lowest BCUT2D eigenvalue weighted by Gasteiger charge is -1.98. The molecule has 0 aliphatic heterocycles. The summed E-state index contributed by atoms with van der Waals surface area (Å²) in [5.41, 5.74) is 1.88. The van der Waals surface area contributed by atoms with E-state index < -0.39 is 0 Å². The molecule has 1 aromatic rings. The Kier molecular flexibility index (Phi) is 4.45. The van der Waals surface area contributed by atoms with E-state index in [1.54, 1.807) is 13.0 Å². The largest absolute Gasteiger partial charge is 0.466 e. The maximum Gasteiger partial charge on any atom is 0.330 e. The standard InChI is InChI=1S/C13H14O3/c1-10(14)9-12-5-3-11(4-6-12)7-8-13(15)16-2/h3-8H,9H2,1-2H3/b8-7+. The number of rotatable bonds is 4. The lowest BCUT2D eigenvalue weighted by molar-refractivity contribution is -0.134. The summed E-state index contributed by atoms with van der Waals surface area (Å²) in [4.78, 5) is 21.7. The topological polar surface area (TPSA) is 43.4 Å². The highest BCUT2D eigenvalue weighted by atomic mass is 16.5. The zero-order chi connectivity index (χ0) is 12.0. The Hall–Kier alpha value is -1.90. The van der Waals surface area contributed by atoms with Crippen LogP contribution < -0.4 is 0 Å². The minimum absolute atomic E-state index is 0.137. The molecule has 0 N–H and O–H groups in total. The van der Waals surface area contributed by atoms with Crippen LogP contribution >= 0.6 is 0 Å². The number of methoxy groups -OCH3 is 1. The van der Waals surface area contributed by atoms with Gasteiger partial charge in [-0.15, -0.1) is 0 Å². The third-order valence-corrected chi connectivity index (χ3v) is 2.05. The second kappa shape index (κ2) is 5.85. The molecule has 0 saturated carbocycles. The Labute approximate surface area is 94.7 Å². The molecule has 0 atom stereocenters. The number of carbonyl (C=O) groups excluding carboxylic acids is 2. The molecule has 0 unspecified atom stereocenters. The Morgan fingerprint density at radius 3 is 2.38 bits per heavy atom. The van der Waals surface area contributed by atoms with Gasteiger partial charge in [-0.3, -0.25) is 4.79 Å². The smallest absolute Gasteiger partial charge is 0.330 e. The first-order chi connectivity index (χ1) is 7.61. The Balaban J connectivity index is 2.68. The van der Waals surface area contributed by atoms with Crippen molar-refractivity contribution in [3.8, 4) is 0 Å². The van der Waals surface area contributed by atoms with Crippen molar-refractivity contribution in [3.63, 3.8) is 0 Å². The molecular formula is C13H14O3. The van der Waals surface area contributed by atoms with Gasteiger partial charge < -0.3 is 4.74 Å². The maximum absolute atomic E-state index is 10.9. The van der Waals surface area contributed by atoms with E-state index in [4.69, 9.17) is 0 Å².